The van der Waals surface area contributed by atoms with Gasteiger partial charge >= 0.3 is 0 Å². The van der Waals surface area contributed by atoms with E-state index in [2.05, 4.69) is 4.57 Å². The van der Waals surface area contributed by atoms with E-state index in [0.717, 1.165) is 54.6 Å². The molecule has 10 aromatic carbocycles. The minimum atomic E-state index is -0.877. The average Bonchev–Trinajstić information content (AvgIpc) is 4.05. The summed E-state index contributed by atoms with van der Waals surface area (Å²) in [6.45, 7) is 0. The van der Waals surface area contributed by atoms with Gasteiger partial charge in [0.1, 0.15) is 0 Å². The van der Waals surface area contributed by atoms with E-state index in [-0.39, 0.29) is 11.3 Å². The maximum Gasteiger partial charge on any atom is 0.0645 e. The Balaban J connectivity index is 1.11. The molecule has 11 rings (SSSR count). The monoisotopic (exact) mass is 807 g/mol. The molecule has 0 aliphatic rings. The summed E-state index contributed by atoms with van der Waals surface area (Å²) in [4.78, 5) is 1.13. The number of hydrogen-bond acceptors (Lipinski definition) is 1. The molecule has 0 aliphatic carbocycles. The molecular weight excluding hydrogens is 749 g/mol. The largest absolute Gasteiger partial charge is 0.311 e. The smallest absolute Gasteiger partial charge is 0.0645 e. The number of para-hydroxylation sites is 2. The van der Waals surface area contributed by atoms with Crippen LogP contribution < -0.4 is 4.90 Å². The highest BCUT2D eigenvalue weighted by atomic mass is 15.1. The Hall–Kier alpha value is -8.20. The van der Waals surface area contributed by atoms with Gasteiger partial charge in [0.25, 0.3) is 0 Å². The third kappa shape index (κ3) is 7.04. The molecule has 0 amide bonds. The van der Waals surface area contributed by atoms with Crippen LogP contribution in [0.2, 0.25) is 0 Å². The van der Waals surface area contributed by atoms with Crippen LogP contribution in [0.1, 0.15) is 23.3 Å². The second kappa shape index (κ2) is 16.1. The minimum Gasteiger partial charge on any atom is -0.311 e. The van der Waals surface area contributed by atoms with Crippen LogP contribution in [0.25, 0.3) is 83.1 Å². The summed E-state index contributed by atoms with van der Waals surface area (Å²) >= 11 is 0. The molecule has 292 valence electrons. The highest BCUT2D eigenvalue weighted by Crippen LogP contribution is 2.40. The molecule has 0 N–H and O–H groups in total. The molecule has 2 heteroatoms. The Morgan fingerprint density at radius 1 is 0.290 bits per heavy atom. The summed E-state index contributed by atoms with van der Waals surface area (Å²) in [7, 11) is 0. The first-order valence-electron chi connectivity index (χ1n) is 28.4. The van der Waals surface area contributed by atoms with Crippen LogP contribution in [0.5, 0.6) is 0 Å². The lowest BCUT2D eigenvalue weighted by atomic mass is 9.98. The van der Waals surface area contributed by atoms with Gasteiger partial charge in [0.15, 0.2) is 0 Å². The zero-order valence-corrected chi connectivity index (χ0v) is 32.8. The van der Waals surface area contributed by atoms with E-state index in [0.29, 0.717) is 5.56 Å². The fraction of sp³-hybridized carbons (Fsp3) is 0. The molecule has 0 fully saturated rings. The normalized spacial score (nSPS) is 15.1. The molecule has 11 aromatic rings. The fourth-order valence-corrected chi connectivity index (χ4v) is 7.71. The zero-order chi connectivity index (χ0) is 56.0. The Morgan fingerprint density at radius 2 is 0.742 bits per heavy atom. The minimum absolute atomic E-state index is 0.0314. The zero-order valence-electron chi connectivity index (χ0n) is 49.8. The Morgan fingerprint density at radius 3 is 1.37 bits per heavy atom. The van der Waals surface area contributed by atoms with E-state index in [4.69, 9.17) is 12.3 Å². The van der Waals surface area contributed by atoms with Gasteiger partial charge in [0.2, 0.25) is 0 Å². The van der Waals surface area contributed by atoms with Gasteiger partial charge in [-0.3, -0.25) is 0 Å². The van der Waals surface area contributed by atoms with E-state index >= 15 is 0 Å². The van der Waals surface area contributed by atoms with Crippen LogP contribution >= 0.6 is 0 Å². The highest BCUT2D eigenvalue weighted by molar-refractivity contribution is 6.10. The number of rotatable bonds is 9. The lowest BCUT2D eigenvalue weighted by Crippen LogP contribution is -2.09. The molecule has 0 unspecified atom stereocenters. The molecular formula is C60H42N2. The Bertz CT molecular complexity index is 4220. The van der Waals surface area contributed by atoms with E-state index < -0.39 is 136 Å². The van der Waals surface area contributed by atoms with Gasteiger partial charge in [0.05, 0.1) is 34.3 Å². The van der Waals surface area contributed by atoms with Crippen LogP contribution in [0, 0.1) is 0 Å². The molecule has 62 heavy (non-hydrogen) atoms. The third-order valence-electron chi connectivity index (χ3n) is 10.7. The number of hydrogen-bond donors (Lipinski definition) is 0. The van der Waals surface area contributed by atoms with Crippen LogP contribution in [-0.2, 0) is 0 Å². The van der Waals surface area contributed by atoms with Crippen LogP contribution in [0.15, 0.2) is 254 Å². The summed E-state index contributed by atoms with van der Waals surface area (Å²) in [6, 6.07) is 34.6. The Labute approximate surface area is 386 Å². The van der Waals surface area contributed by atoms with Gasteiger partial charge in [-0.05, 0) is 128 Å². The maximum atomic E-state index is 9.73. The van der Waals surface area contributed by atoms with Crippen LogP contribution in [-0.4, -0.2) is 4.57 Å². The summed E-state index contributed by atoms with van der Waals surface area (Å²) in [6.07, 6.45) is 0. The van der Waals surface area contributed by atoms with Gasteiger partial charge in [-0.25, -0.2) is 0 Å². The predicted octanol–water partition coefficient (Wildman–Crippen LogP) is 16.6. The van der Waals surface area contributed by atoms with Gasteiger partial charge in [0, 0.05) is 33.5 Å². The number of aromatic nitrogens is 1. The SMILES string of the molecule is [2H]c1c([2H])c([2H])c(-c2c([2H])c([2H])c(-c3c([2H])c([2H])c(N(c4ccc(-c5cccc(-c6ccccc6)c5)cc4)c4c([2H])c([2H])c(-c5ccc6c(c5)c5ccccc5n6-c5ccccc5)c([2H])c4[2H])c([2H])c3[2H])c([2H])c2[2H])c([2H])c1[2H]. The van der Waals surface area contributed by atoms with Crippen LogP contribution in [0.4, 0.5) is 17.1 Å². The van der Waals surface area contributed by atoms with E-state index in [1.54, 1.807) is 30.3 Å². The number of nitrogens with zero attached hydrogens (tertiary/aromatic N) is 2. The van der Waals surface area contributed by atoms with E-state index in [1.807, 2.05) is 121 Å². The van der Waals surface area contributed by atoms with Crippen molar-refractivity contribution in [1.82, 2.24) is 4.57 Å². The van der Waals surface area contributed by atoms with E-state index in [1.165, 1.54) is 0 Å². The van der Waals surface area contributed by atoms with Crippen molar-refractivity contribution >= 4 is 38.9 Å². The molecule has 0 aliphatic heterocycles. The van der Waals surface area contributed by atoms with Gasteiger partial charge in [-0.15, -0.1) is 0 Å². The standard InChI is InChI=1S/C60H42N2/c1-4-13-43(14-5-1)45-23-25-46(26-24-45)47-27-34-54(35-28-47)61(55-36-29-48(30-37-55)51-18-12-17-50(41-51)44-15-6-2-7-16-44)56-38-31-49(32-39-56)52-33-40-60-58(42-52)57-21-10-11-22-59(57)62(60)53-19-8-3-9-20-53/h1-42H/i1D,4D,5D,13D,14D,23D,24D,25D,26D,27D,28D,31D,32D,34D,35D,38D,39D. The summed E-state index contributed by atoms with van der Waals surface area (Å²) in [5.41, 5.74) is 3.13. The van der Waals surface area contributed by atoms with Crippen molar-refractivity contribution in [3.8, 4) is 61.3 Å². The molecule has 1 aromatic heterocycles. The molecule has 0 radical (unpaired) electrons. The average molecular weight is 808 g/mol. The topological polar surface area (TPSA) is 8.17 Å². The molecule has 0 bridgehead atoms. The van der Waals surface area contributed by atoms with Crippen molar-refractivity contribution in [3.63, 3.8) is 0 Å². The lowest BCUT2D eigenvalue weighted by Gasteiger charge is -2.26. The quantitative estimate of drug-likeness (QED) is 0.141. The number of fused-ring (bicyclic) bond motifs is 3. The summed E-state index contributed by atoms with van der Waals surface area (Å²) < 4.78 is 157. The summed E-state index contributed by atoms with van der Waals surface area (Å²) in [5, 5.41) is 1.68. The molecule has 0 saturated carbocycles. The van der Waals surface area contributed by atoms with Crippen LogP contribution in [0.3, 0.4) is 0 Å². The molecule has 1 heterocycles. The second-order valence-electron chi connectivity index (χ2n) is 14.4. The first-order valence-corrected chi connectivity index (χ1v) is 19.9. The third-order valence-corrected chi connectivity index (χ3v) is 10.7. The first-order chi connectivity index (χ1) is 37.8. The van der Waals surface area contributed by atoms with Gasteiger partial charge in [-0.1, -0.05) is 182 Å². The van der Waals surface area contributed by atoms with Gasteiger partial charge in [-0.2, -0.15) is 0 Å². The molecule has 0 saturated heterocycles. The summed E-state index contributed by atoms with van der Waals surface area (Å²) in [5.74, 6) is 0. The maximum absolute atomic E-state index is 9.73. The first kappa shape index (κ1) is 23.0. The molecule has 0 spiro atoms. The number of benzene rings is 10. The highest BCUT2D eigenvalue weighted by Gasteiger charge is 2.16. The lowest BCUT2D eigenvalue weighted by molar-refractivity contribution is 1.18. The van der Waals surface area contributed by atoms with Crippen molar-refractivity contribution < 1.29 is 23.3 Å². The van der Waals surface area contributed by atoms with Crippen molar-refractivity contribution in [2.24, 2.45) is 0 Å². The molecule has 0 atom stereocenters. The number of anilines is 3. The van der Waals surface area contributed by atoms with Gasteiger partial charge < -0.3 is 9.47 Å². The van der Waals surface area contributed by atoms with Crippen molar-refractivity contribution in [2.45, 2.75) is 0 Å². The fourth-order valence-electron chi connectivity index (χ4n) is 7.71. The van der Waals surface area contributed by atoms with Crippen molar-refractivity contribution in [2.75, 3.05) is 4.90 Å². The Kier molecular flexibility index (Phi) is 5.97. The predicted molar refractivity (Wildman–Crippen MR) is 263 cm³/mol. The van der Waals surface area contributed by atoms with Crippen molar-refractivity contribution in [1.29, 1.82) is 0 Å². The second-order valence-corrected chi connectivity index (χ2v) is 14.4. The molecule has 2 nitrogen and oxygen atoms in total. The van der Waals surface area contributed by atoms with Crippen molar-refractivity contribution in [3.05, 3.63) is 254 Å². The van der Waals surface area contributed by atoms with E-state index in [9.17, 15) is 11.0 Å².